The van der Waals surface area contributed by atoms with Crippen molar-refractivity contribution in [3.8, 4) is 0 Å². The zero-order valence-electron chi connectivity index (χ0n) is 9.78. The summed E-state index contributed by atoms with van der Waals surface area (Å²) in [5.74, 6) is -0.395. The molecule has 0 spiro atoms. The first-order chi connectivity index (χ1) is 8.15. The maximum atomic E-state index is 12.7. The first kappa shape index (κ1) is 12.0. The number of hydrogen-bond acceptors (Lipinski definition) is 3. The molecule has 1 saturated heterocycles. The van der Waals surface area contributed by atoms with E-state index in [1.807, 2.05) is 6.92 Å². The van der Waals surface area contributed by atoms with Crippen LogP contribution in [0.5, 0.6) is 0 Å². The highest BCUT2D eigenvalue weighted by Crippen LogP contribution is 2.20. The van der Waals surface area contributed by atoms with Gasteiger partial charge in [0.2, 0.25) is 0 Å². The topological polar surface area (TPSA) is 38.3 Å². The fourth-order valence-electron chi connectivity index (χ4n) is 1.74. The van der Waals surface area contributed by atoms with Crippen LogP contribution in [0.1, 0.15) is 24.8 Å². The van der Waals surface area contributed by atoms with Crippen LogP contribution in [0.25, 0.3) is 0 Å². The van der Waals surface area contributed by atoms with Gasteiger partial charge in [-0.1, -0.05) is 19.1 Å². The molecule has 1 aromatic rings. The van der Waals surface area contributed by atoms with E-state index in [1.165, 1.54) is 12.1 Å². The van der Waals surface area contributed by atoms with E-state index >= 15 is 0 Å². The number of ether oxygens (including phenoxy) is 1. The van der Waals surface area contributed by atoms with Gasteiger partial charge in [0.1, 0.15) is 11.9 Å². The minimum absolute atomic E-state index is 0.0305. The average Bonchev–Trinajstić information content (AvgIpc) is 2.24. The Hall–Kier alpha value is -1.42. The van der Waals surface area contributed by atoms with Gasteiger partial charge < -0.3 is 10.1 Å². The minimum Gasteiger partial charge on any atom is -0.460 e. The van der Waals surface area contributed by atoms with Crippen molar-refractivity contribution < 1.29 is 13.9 Å². The van der Waals surface area contributed by atoms with Gasteiger partial charge in [-0.3, -0.25) is 4.79 Å². The third-order valence-electron chi connectivity index (χ3n) is 2.95. The van der Waals surface area contributed by atoms with Crippen molar-refractivity contribution in [2.75, 3.05) is 13.1 Å². The van der Waals surface area contributed by atoms with E-state index in [0.29, 0.717) is 6.42 Å². The second kappa shape index (κ2) is 5.27. The fraction of sp³-hybridized carbons (Fsp3) is 0.462. The maximum Gasteiger partial charge on any atom is 0.306 e. The molecule has 1 aliphatic rings. The fourth-order valence-corrected chi connectivity index (χ4v) is 1.74. The van der Waals surface area contributed by atoms with Crippen LogP contribution in [0, 0.1) is 5.82 Å². The van der Waals surface area contributed by atoms with Crippen molar-refractivity contribution in [2.45, 2.75) is 25.4 Å². The number of carbonyl (C=O) groups excluding carboxylic acids is 1. The molecule has 0 aliphatic carbocycles. The highest BCUT2D eigenvalue weighted by atomic mass is 19.1. The molecule has 1 atom stereocenters. The Kier molecular flexibility index (Phi) is 3.74. The molecule has 1 heterocycles. The highest BCUT2D eigenvalue weighted by Gasteiger charge is 2.22. The van der Waals surface area contributed by atoms with E-state index in [1.54, 1.807) is 12.1 Å². The number of carbonyl (C=O) groups is 1. The predicted octanol–water partition coefficient (Wildman–Crippen LogP) is 1.83. The van der Waals surface area contributed by atoms with Gasteiger partial charge in [0, 0.05) is 13.1 Å². The molecule has 1 fully saturated rings. The second-order valence-electron chi connectivity index (χ2n) is 4.43. The van der Waals surface area contributed by atoms with Gasteiger partial charge in [-0.25, -0.2) is 4.39 Å². The summed E-state index contributed by atoms with van der Waals surface area (Å²) in [6.07, 6.45) is 0.366. The molecule has 0 bridgehead atoms. The number of esters is 1. The molecular formula is C13H16FNO2. The molecule has 0 radical (unpaired) electrons. The number of nitrogens with one attached hydrogen (secondary N) is 1. The van der Waals surface area contributed by atoms with Gasteiger partial charge in [0.15, 0.2) is 0 Å². The van der Waals surface area contributed by atoms with Crippen molar-refractivity contribution in [3.63, 3.8) is 0 Å². The summed E-state index contributed by atoms with van der Waals surface area (Å²) in [6, 6.07) is 6.23. The molecule has 2 rings (SSSR count). The number of rotatable bonds is 4. The van der Waals surface area contributed by atoms with Gasteiger partial charge >= 0.3 is 5.97 Å². The quantitative estimate of drug-likeness (QED) is 0.812. The van der Waals surface area contributed by atoms with E-state index in [4.69, 9.17) is 4.74 Å². The molecule has 0 aromatic heterocycles. The molecule has 1 aromatic carbocycles. The van der Waals surface area contributed by atoms with Crippen LogP contribution in [0.2, 0.25) is 0 Å². The van der Waals surface area contributed by atoms with E-state index in [2.05, 4.69) is 5.32 Å². The number of halogens is 1. The molecular weight excluding hydrogens is 221 g/mol. The summed E-state index contributed by atoms with van der Waals surface area (Å²) in [5, 5.41) is 3.04. The first-order valence-electron chi connectivity index (χ1n) is 5.81. The van der Waals surface area contributed by atoms with Gasteiger partial charge in [-0.05, 0) is 23.6 Å². The lowest BCUT2D eigenvalue weighted by Crippen LogP contribution is -2.49. The van der Waals surface area contributed by atoms with Crippen molar-refractivity contribution in [3.05, 3.63) is 35.6 Å². The first-order valence-corrected chi connectivity index (χ1v) is 5.81. The second-order valence-corrected chi connectivity index (χ2v) is 4.43. The molecule has 1 N–H and O–H groups in total. The minimum atomic E-state index is -0.260. The number of benzene rings is 1. The summed E-state index contributed by atoms with van der Waals surface area (Å²) in [7, 11) is 0. The van der Waals surface area contributed by atoms with E-state index < -0.39 is 0 Å². The Balaban J connectivity index is 1.84. The van der Waals surface area contributed by atoms with Crippen molar-refractivity contribution in [1.82, 2.24) is 5.32 Å². The van der Waals surface area contributed by atoms with Crippen molar-refractivity contribution in [2.24, 2.45) is 0 Å². The van der Waals surface area contributed by atoms with Crippen LogP contribution in [-0.2, 0) is 9.53 Å². The zero-order valence-corrected chi connectivity index (χ0v) is 9.78. The third-order valence-corrected chi connectivity index (χ3v) is 2.95. The van der Waals surface area contributed by atoms with Crippen LogP contribution >= 0.6 is 0 Å². The van der Waals surface area contributed by atoms with Crippen LogP contribution in [0.3, 0.4) is 0 Å². The highest BCUT2D eigenvalue weighted by molar-refractivity contribution is 5.70. The Morgan fingerprint density at radius 1 is 1.47 bits per heavy atom. The summed E-state index contributed by atoms with van der Waals surface area (Å²) in [4.78, 5) is 11.6. The van der Waals surface area contributed by atoms with E-state index in [-0.39, 0.29) is 23.8 Å². The van der Waals surface area contributed by atoms with Crippen LogP contribution < -0.4 is 5.32 Å². The molecule has 4 heteroatoms. The standard InChI is InChI=1S/C13H16FNO2/c1-9(10-2-4-11(14)5-3-10)6-13(16)17-12-7-15-8-12/h2-5,9,12,15H,6-8H2,1H3. The molecule has 17 heavy (non-hydrogen) atoms. The smallest absolute Gasteiger partial charge is 0.306 e. The average molecular weight is 237 g/mol. The molecule has 92 valence electrons. The van der Waals surface area contributed by atoms with E-state index in [9.17, 15) is 9.18 Å². The largest absolute Gasteiger partial charge is 0.460 e. The van der Waals surface area contributed by atoms with Crippen LogP contribution in [-0.4, -0.2) is 25.2 Å². The summed E-state index contributed by atoms with van der Waals surface area (Å²) < 4.78 is 18.0. The van der Waals surface area contributed by atoms with Gasteiger partial charge in [0.25, 0.3) is 0 Å². The summed E-state index contributed by atoms with van der Waals surface area (Å²) in [6.45, 7) is 3.43. The van der Waals surface area contributed by atoms with Crippen LogP contribution in [0.15, 0.2) is 24.3 Å². The van der Waals surface area contributed by atoms with Crippen molar-refractivity contribution >= 4 is 5.97 Å². The van der Waals surface area contributed by atoms with Gasteiger partial charge in [-0.15, -0.1) is 0 Å². The third kappa shape index (κ3) is 3.27. The van der Waals surface area contributed by atoms with E-state index in [0.717, 1.165) is 18.7 Å². The lowest BCUT2D eigenvalue weighted by atomic mass is 9.98. The Morgan fingerprint density at radius 2 is 2.12 bits per heavy atom. The summed E-state index contributed by atoms with van der Waals surface area (Å²) in [5.41, 5.74) is 0.954. The Morgan fingerprint density at radius 3 is 2.65 bits per heavy atom. The Bertz CT molecular complexity index is 387. The lowest BCUT2D eigenvalue weighted by Gasteiger charge is -2.27. The summed E-state index contributed by atoms with van der Waals surface area (Å²) >= 11 is 0. The van der Waals surface area contributed by atoms with Gasteiger partial charge in [-0.2, -0.15) is 0 Å². The van der Waals surface area contributed by atoms with Gasteiger partial charge in [0.05, 0.1) is 6.42 Å². The Labute approximate surface area is 100.0 Å². The van der Waals surface area contributed by atoms with Crippen molar-refractivity contribution in [1.29, 1.82) is 0 Å². The number of hydrogen-bond donors (Lipinski definition) is 1. The van der Waals surface area contributed by atoms with Crippen LogP contribution in [0.4, 0.5) is 4.39 Å². The maximum absolute atomic E-state index is 12.7. The molecule has 0 amide bonds. The lowest BCUT2D eigenvalue weighted by molar-refractivity contribution is -0.151. The normalized spacial score (nSPS) is 17.3. The molecule has 1 aliphatic heterocycles. The molecule has 0 saturated carbocycles. The SMILES string of the molecule is CC(CC(=O)OC1CNC1)c1ccc(F)cc1. The molecule has 1 unspecified atom stereocenters. The monoisotopic (exact) mass is 237 g/mol. The predicted molar refractivity (Wildman–Crippen MR) is 62.2 cm³/mol. The molecule has 3 nitrogen and oxygen atoms in total. The zero-order chi connectivity index (χ0) is 12.3.